The number of hydrogen-bond donors (Lipinski definition) is 0. The van der Waals surface area contributed by atoms with Crippen LogP contribution in [0.5, 0.6) is 0 Å². The lowest BCUT2D eigenvalue weighted by atomic mass is 9.94. The van der Waals surface area contributed by atoms with Gasteiger partial charge in [0.05, 0.1) is 53.1 Å². The second-order valence-electron chi connectivity index (χ2n) is 21.7. The van der Waals surface area contributed by atoms with E-state index in [9.17, 15) is 28.6 Å². The normalized spacial score (nSPS) is 23.6. The fourth-order valence-corrected chi connectivity index (χ4v) is 9.59. The van der Waals surface area contributed by atoms with E-state index in [1.165, 1.54) is 71.3 Å². The molecule has 0 N–H and O–H groups in total. The number of likely N-dealkylation sites (N-methyl/N-ethyl adjacent to an activating group) is 1. The van der Waals surface area contributed by atoms with Crippen molar-refractivity contribution in [1.29, 1.82) is 0 Å². The highest BCUT2D eigenvalue weighted by Gasteiger charge is 2.54. The Morgan fingerprint density at radius 2 is 1.46 bits per heavy atom. The molecule has 70 heavy (non-hydrogen) atoms. The smallest absolute Gasteiger partial charge is 0.412 e. The minimum Gasteiger partial charge on any atom is -0.756 e. The number of rotatable bonds is 35. The van der Waals surface area contributed by atoms with E-state index in [0.717, 1.165) is 64.2 Å². The van der Waals surface area contributed by atoms with Crippen LogP contribution in [0.3, 0.4) is 0 Å². The number of phosphoric ester groups is 1. The highest BCUT2D eigenvalue weighted by Crippen LogP contribution is 2.46. The molecule has 3 heterocycles. The van der Waals surface area contributed by atoms with Gasteiger partial charge in [0.1, 0.15) is 43.3 Å². The van der Waals surface area contributed by atoms with Gasteiger partial charge in [-0.1, -0.05) is 83.1 Å². The van der Waals surface area contributed by atoms with E-state index >= 15 is 0 Å². The number of esters is 3. The van der Waals surface area contributed by atoms with E-state index in [-0.39, 0.29) is 49.6 Å². The second-order valence-corrected chi connectivity index (χ2v) is 23.1. The number of ether oxygens (including phenoxy) is 8. The van der Waals surface area contributed by atoms with Crippen molar-refractivity contribution in [1.82, 2.24) is 4.90 Å². The first-order chi connectivity index (χ1) is 32.9. The minimum atomic E-state index is -4.67. The van der Waals surface area contributed by atoms with E-state index in [0.29, 0.717) is 43.7 Å². The number of amides is 1. The van der Waals surface area contributed by atoms with Crippen LogP contribution >= 0.6 is 7.82 Å². The maximum atomic E-state index is 12.8. The molecule has 0 aromatic carbocycles. The molecule has 1 amide bonds. The highest BCUT2D eigenvalue weighted by atomic mass is 31.2. The number of quaternary nitrogens is 1. The number of unbranched alkanes of at least 4 members (excludes halogenated alkanes) is 14. The second kappa shape index (κ2) is 30.5. The number of phosphoric acid groups is 1. The van der Waals surface area contributed by atoms with Crippen molar-refractivity contribution in [3.63, 3.8) is 0 Å². The first-order valence-electron chi connectivity index (χ1n) is 26.1. The Bertz CT molecular complexity index is 1650. The van der Waals surface area contributed by atoms with Gasteiger partial charge in [-0.25, -0.2) is 9.59 Å². The lowest BCUT2D eigenvalue weighted by Gasteiger charge is -2.35. The van der Waals surface area contributed by atoms with Crippen LogP contribution in [0.25, 0.3) is 0 Å². The highest BCUT2D eigenvalue weighted by molar-refractivity contribution is 7.45. The van der Waals surface area contributed by atoms with Crippen LogP contribution in [0.1, 0.15) is 177 Å². The lowest BCUT2D eigenvalue weighted by Crippen LogP contribution is -2.51. The molecule has 0 aromatic rings. The summed E-state index contributed by atoms with van der Waals surface area (Å²) in [6, 6.07) is -0.154. The Morgan fingerprint density at radius 3 is 2.07 bits per heavy atom. The van der Waals surface area contributed by atoms with Crippen molar-refractivity contribution >= 4 is 31.8 Å². The Morgan fingerprint density at radius 1 is 0.829 bits per heavy atom. The van der Waals surface area contributed by atoms with Gasteiger partial charge in [-0.3, -0.25) is 19.1 Å². The summed E-state index contributed by atoms with van der Waals surface area (Å²) >= 11 is 0. The molecule has 0 aromatic heterocycles. The molecular weight excluding hydrogens is 928 g/mol. The van der Waals surface area contributed by atoms with Crippen LogP contribution in [0.15, 0.2) is 12.2 Å². The molecule has 3 saturated heterocycles. The summed E-state index contributed by atoms with van der Waals surface area (Å²) in [5.74, 6) is -2.28. The standard InChI is InChI=1S/C51H91N2O16P/c1-40(54)61-38-43(39-64-70(58,59)63-35-33-53(8,9)10)66-46(56)29-25-21-19-20-24-28-45-47-44(65-41(2)55)30-32-51(67-45,68-47)31-26-22-17-15-13-11-12-14-16-18-23-27-34-60-36-42-37-62-50(6,7)52(42)48(57)69-49(3,4)5/h25,29,42-45,47H,11-24,26-28,30-39H2,1-10H3/b29-25+/t42-,43-,44-,45+,47-,51+/m1/s1. The topological polar surface area (TPSA) is 204 Å². The number of hydrogen-bond acceptors (Lipinski definition) is 16. The monoisotopic (exact) mass is 1020 g/mol. The van der Waals surface area contributed by atoms with E-state index in [4.69, 9.17) is 46.9 Å². The predicted molar refractivity (Wildman–Crippen MR) is 261 cm³/mol. The van der Waals surface area contributed by atoms with Crippen molar-refractivity contribution in [2.45, 2.75) is 224 Å². The Balaban J connectivity index is 1.25. The van der Waals surface area contributed by atoms with Crippen LogP contribution < -0.4 is 4.89 Å². The average Bonchev–Trinajstić information content (AvgIpc) is 3.72. The number of nitrogens with zero attached hydrogens (tertiary/aromatic N) is 2. The minimum absolute atomic E-state index is 0.0805. The zero-order valence-corrected chi connectivity index (χ0v) is 45.4. The van der Waals surface area contributed by atoms with E-state index in [1.54, 1.807) is 11.0 Å². The van der Waals surface area contributed by atoms with Gasteiger partial charge < -0.3 is 56.3 Å². The number of fused-ring (bicyclic) bond motifs is 2. The maximum Gasteiger partial charge on any atom is 0.412 e. The molecule has 0 radical (unpaired) electrons. The van der Waals surface area contributed by atoms with Gasteiger partial charge in [0, 0.05) is 39.4 Å². The van der Waals surface area contributed by atoms with E-state index in [2.05, 4.69) is 0 Å². The van der Waals surface area contributed by atoms with Gasteiger partial charge in [0.25, 0.3) is 7.82 Å². The number of carbonyl (C=O) groups excluding carboxylic acids is 4. The lowest BCUT2D eigenvalue weighted by molar-refractivity contribution is -0.870. The number of allylic oxidation sites excluding steroid dienone is 1. The van der Waals surface area contributed by atoms with E-state index in [1.807, 2.05) is 55.8 Å². The van der Waals surface area contributed by atoms with Gasteiger partial charge >= 0.3 is 24.0 Å². The summed E-state index contributed by atoms with van der Waals surface area (Å²) < 4.78 is 69.1. The Labute approximate surface area is 419 Å². The van der Waals surface area contributed by atoms with E-state index < -0.39 is 49.6 Å². The summed E-state index contributed by atoms with van der Waals surface area (Å²) in [7, 11) is 1.000. The SMILES string of the molecule is CC(=O)OC[C@H](COP(=O)([O-])OCC[N+](C)(C)C)OC(=O)/C=C/CCCCC[C@@H]1O[C@]2(CCCCCCCCCCCCCCOC[C@@H]3COC(C)(C)N3C(=O)OC(C)(C)C)CC[C@@H](OC(C)=O)[C@H]1O2. The fourth-order valence-electron chi connectivity index (χ4n) is 8.86. The molecule has 0 saturated carbocycles. The molecule has 2 bridgehead atoms. The third-order valence-corrected chi connectivity index (χ3v) is 13.4. The first kappa shape index (κ1) is 61.6. The van der Waals surface area contributed by atoms with Gasteiger partial charge in [-0.2, -0.15) is 0 Å². The molecule has 3 rings (SSSR count). The predicted octanol–water partition coefficient (Wildman–Crippen LogP) is 8.84. The Kier molecular flexibility index (Phi) is 26.9. The molecule has 406 valence electrons. The quantitative estimate of drug-likeness (QED) is 0.0145. The molecular formula is C51H91N2O16P. The van der Waals surface area contributed by atoms with Gasteiger partial charge in [0.2, 0.25) is 0 Å². The fraction of sp³-hybridized carbons (Fsp3) is 0.882. The summed E-state index contributed by atoms with van der Waals surface area (Å²) in [6.45, 7) is 13.0. The molecule has 3 fully saturated rings. The molecule has 0 spiro atoms. The van der Waals surface area contributed by atoms with Crippen molar-refractivity contribution in [3.05, 3.63) is 12.2 Å². The van der Waals surface area contributed by atoms with Gasteiger partial charge in [0.15, 0.2) is 11.9 Å². The molecule has 0 aliphatic carbocycles. The number of carbonyl (C=O) groups is 4. The Hall–Kier alpha value is -2.67. The first-order valence-corrected chi connectivity index (χ1v) is 27.5. The van der Waals surface area contributed by atoms with Crippen LogP contribution in [-0.4, -0.2) is 148 Å². The largest absolute Gasteiger partial charge is 0.756 e. The molecule has 1 unspecified atom stereocenters. The summed E-state index contributed by atoms with van der Waals surface area (Å²) in [6.07, 6.45) is 21.0. The summed E-state index contributed by atoms with van der Waals surface area (Å²) in [5, 5.41) is 0. The maximum absolute atomic E-state index is 12.8. The molecule has 18 nitrogen and oxygen atoms in total. The molecule has 19 heteroatoms. The van der Waals surface area contributed by atoms with Gasteiger partial charge in [-0.05, 0) is 73.1 Å². The third kappa shape index (κ3) is 25.3. The van der Waals surface area contributed by atoms with Crippen LogP contribution in [-0.2, 0) is 65.9 Å². The zero-order chi connectivity index (χ0) is 51.9. The van der Waals surface area contributed by atoms with Crippen LogP contribution in [0, 0.1) is 0 Å². The van der Waals surface area contributed by atoms with Crippen molar-refractivity contribution in [2.24, 2.45) is 0 Å². The zero-order valence-electron chi connectivity index (χ0n) is 44.5. The summed E-state index contributed by atoms with van der Waals surface area (Å²) in [4.78, 5) is 62.5. The molecule has 7 atom stereocenters. The molecule has 3 aliphatic rings. The van der Waals surface area contributed by atoms with Crippen molar-refractivity contribution < 1.29 is 80.1 Å². The van der Waals surface area contributed by atoms with Crippen LogP contribution in [0.2, 0.25) is 0 Å². The van der Waals surface area contributed by atoms with Crippen molar-refractivity contribution in [2.75, 3.05) is 67.3 Å². The third-order valence-electron chi connectivity index (χ3n) is 12.4. The summed E-state index contributed by atoms with van der Waals surface area (Å²) in [5.41, 5.74) is -1.29. The average molecular weight is 1020 g/mol. The van der Waals surface area contributed by atoms with Crippen molar-refractivity contribution in [3.8, 4) is 0 Å². The van der Waals surface area contributed by atoms with Crippen LogP contribution in [0.4, 0.5) is 4.79 Å². The molecule has 3 aliphatic heterocycles. The van der Waals surface area contributed by atoms with Gasteiger partial charge in [-0.15, -0.1) is 0 Å².